The largest absolute Gasteiger partial charge is 0.322 e. The molecule has 1 heterocycles. The first-order valence-corrected chi connectivity index (χ1v) is 10.5. The Bertz CT molecular complexity index is 1200. The molecule has 0 radical (unpaired) electrons. The van der Waals surface area contributed by atoms with Crippen molar-refractivity contribution in [1.29, 1.82) is 0 Å². The highest BCUT2D eigenvalue weighted by Crippen LogP contribution is 2.30. The number of benzene rings is 3. The molecule has 1 N–H and O–H groups in total. The molecular formula is C26H23ClN2O. The summed E-state index contributed by atoms with van der Waals surface area (Å²) in [6.45, 7) is 4.37. The molecule has 0 unspecified atom stereocenters. The highest BCUT2D eigenvalue weighted by Gasteiger charge is 2.15. The zero-order valence-corrected chi connectivity index (χ0v) is 17.8. The van der Waals surface area contributed by atoms with Crippen molar-refractivity contribution in [2.24, 2.45) is 0 Å². The molecule has 0 saturated carbocycles. The Morgan fingerprint density at radius 3 is 2.43 bits per heavy atom. The Morgan fingerprint density at radius 2 is 1.70 bits per heavy atom. The van der Waals surface area contributed by atoms with Gasteiger partial charge in [0.1, 0.15) is 0 Å². The number of nitrogens with one attached hydrogen (secondary N) is 1. The molecule has 0 aliphatic heterocycles. The number of carbonyl (C=O) groups excluding carboxylic acids is 1. The Hall–Kier alpha value is -3.17. The third-order valence-corrected chi connectivity index (χ3v) is 5.79. The number of aromatic nitrogens is 1. The van der Waals surface area contributed by atoms with Gasteiger partial charge in [0.2, 0.25) is 0 Å². The first-order chi connectivity index (χ1) is 14.6. The Morgan fingerprint density at radius 1 is 1.00 bits per heavy atom. The molecule has 0 spiro atoms. The van der Waals surface area contributed by atoms with Crippen molar-refractivity contribution in [3.05, 3.63) is 95.0 Å². The van der Waals surface area contributed by atoms with Crippen LogP contribution in [0.3, 0.4) is 0 Å². The van der Waals surface area contributed by atoms with Crippen LogP contribution in [0.5, 0.6) is 0 Å². The minimum absolute atomic E-state index is 0.168. The first kappa shape index (κ1) is 20.1. The number of halogens is 1. The number of rotatable bonds is 5. The lowest BCUT2D eigenvalue weighted by atomic mass is 9.98. The number of nitrogens with zero attached hydrogens (tertiary/aromatic N) is 1. The summed E-state index contributed by atoms with van der Waals surface area (Å²) in [5.41, 5.74) is 4.85. The van der Waals surface area contributed by atoms with Crippen molar-refractivity contribution in [1.82, 2.24) is 4.98 Å². The van der Waals surface area contributed by atoms with Gasteiger partial charge in [-0.1, -0.05) is 74.0 Å². The molecule has 1 amide bonds. The Kier molecular flexibility index (Phi) is 5.82. The van der Waals surface area contributed by atoms with E-state index >= 15 is 0 Å². The van der Waals surface area contributed by atoms with Crippen molar-refractivity contribution in [3.63, 3.8) is 0 Å². The summed E-state index contributed by atoms with van der Waals surface area (Å²) >= 11 is 6.38. The molecule has 3 nitrogen and oxygen atoms in total. The summed E-state index contributed by atoms with van der Waals surface area (Å²) < 4.78 is 0. The number of pyridine rings is 1. The third kappa shape index (κ3) is 4.07. The van der Waals surface area contributed by atoms with Gasteiger partial charge in [-0.3, -0.25) is 4.79 Å². The van der Waals surface area contributed by atoms with Crippen LogP contribution in [0.1, 0.15) is 42.1 Å². The second kappa shape index (κ2) is 8.68. The fourth-order valence-corrected chi connectivity index (χ4v) is 3.73. The van der Waals surface area contributed by atoms with E-state index in [9.17, 15) is 4.79 Å². The molecule has 30 heavy (non-hydrogen) atoms. The van der Waals surface area contributed by atoms with Gasteiger partial charge < -0.3 is 5.32 Å². The maximum absolute atomic E-state index is 13.2. The van der Waals surface area contributed by atoms with E-state index in [4.69, 9.17) is 16.6 Å². The van der Waals surface area contributed by atoms with Gasteiger partial charge >= 0.3 is 0 Å². The van der Waals surface area contributed by atoms with E-state index in [-0.39, 0.29) is 5.91 Å². The van der Waals surface area contributed by atoms with Crippen LogP contribution in [0.15, 0.2) is 78.9 Å². The standard InChI is InChI=1S/C26H23ClN2O/c1-3-17(2)18-12-14-19(15-13-18)28-26(30)22-16-25(21-9-4-6-10-23(21)27)29-24-11-7-5-8-20(22)24/h4-17H,3H2,1-2H3,(H,28,30)/t17-/m0/s1. The summed E-state index contributed by atoms with van der Waals surface area (Å²) in [5, 5.41) is 4.44. The van der Waals surface area contributed by atoms with Gasteiger partial charge in [-0.15, -0.1) is 0 Å². The van der Waals surface area contributed by atoms with E-state index in [2.05, 4.69) is 31.3 Å². The van der Waals surface area contributed by atoms with Crippen LogP contribution in [0, 0.1) is 0 Å². The topological polar surface area (TPSA) is 42.0 Å². The predicted molar refractivity (Wildman–Crippen MR) is 125 cm³/mol. The van der Waals surface area contributed by atoms with Gasteiger partial charge in [0, 0.05) is 21.7 Å². The Balaban J connectivity index is 1.72. The summed E-state index contributed by atoms with van der Waals surface area (Å²) in [6, 6.07) is 25.1. The maximum atomic E-state index is 13.2. The molecular weight excluding hydrogens is 392 g/mol. The number of hydrogen-bond donors (Lipinski definition) is 1. The molecule has 150 valence electrons. The molecule has 0 saturated heterocycles. The van der Waals surface area contributed by atoms with Crippen LogP contribution in [0.25, 0.3) is 22.2 Å². The Labute approximate surface area is 181 Å². The van der Waals surface area contributed by atoms with E-state index in [1.54, 1.807) is 0 Å². The van der Waals surface area contributed by atoms with Crippen LogP contribution in [0.2, 0.25) is 5.02 Å². The first-order valence-electron chi connectivity index (χ1n) is 10.1. The van der Waals surface area contributed by atoms with Crippen molar-refractivity contribution in [2.75, 3.05) is 5.32 Å². The second-order valence-electron chi connectivity index (χ2n) is 7.44. The number of para-hydroxylation sites is 1. The second-order valence-corrected chi connectivity index (χ2v) is 7.84. The van der Waals surface area contributed by atoms with Gasteiger partial charge in [-0.25, -0.2) is 4.98 Å². The molecule has 1 atom stereocenters. The van der Waals surface area contributed by atoms with Crippen LogP contribution in [-0.2, 0) is 0 Å². The summed E-state index contributed by atoms with van der Waals surface area (Å²) in [6.07, 6.45) is 1.08. The normalized spacial score (nSPS) is 12.0. The van der Waals surface area contributed by atoms with E-state index in [0.717, 1.165) is 28.6 Å². The SMILES string of the molecule is CC[C@H](C)c1ccc(NC(=O)c2cc(-c3ccccc3Cl)nc3ccccc23)cc1. The molecule has 0 fully saturated rings. The van der Waals surface area contributed by atoms with Crippen LogP contribution in [0.4, 0.5) is 5.69 Å². The van der Waals surface area contributed by atoms with E-state index < -0.39 is 0 Å². The highest BCUT2D eigenvalue weighted by molar-refractivity contribution is 6.33. The monoisotopic (exact) mass is 414 g/mol. The molecule has 4 aromatic rings. The lowest BCUT2D eigenvalue weighted by Crippen LogP contribution is -2.13. The quantitative estimate of drug-likeness (QED) is 0.371. The van der Waals surface area contributed by atoms with E-state index in [1.807, 2.05) is 66.7 Å². The average Bonchev–Trinajstić information content (AvgIpc) is 2.78. The zero-order valence-electron chi connectivity index (χ0n) is 17.0. The van der Waals surface area contributed by atoms with Crippen LogP contribution >= 0.6 is 11.6 Å². The lowest BCUT2D eigenvalue weighted by molar-refractivity contribution is 0.102. The third-order valence-electron chi connectivity index (χ3n) is 5.46. The molecule has 1 aromatic heterocycles. The van der Waals surface area contributed by atoms with Gasteiger partial charge in [0.25, 0.3) is 5.91 Å². The molecule has 0 aliphatic rings. The fraction of sp³-hybridized carbons (Fsp3) is 0.154. The van der Waals surface area contributed by atoms with Crippen LogP contribution in [-0.4, -0.2) is 10.9 Å². The van der Waals surface area contributed by atoms with E-state index in [1.165, 1.54) is 5.56 Å². The number of fused-ring (bicyclic) bond motifs is 1. The molecule has 4 rings (SSSR count). The van der Waals surface area contributed by atoms with Gasteiger partial charge in [-0.05, 0) is 48.2 Å². The molecule has 0 bridgehead atoms. The lowest BCUT2D eigenvalue weighted by Gasteiger charge is -2.13. The maximum Gasteiger partial charge on any atom is 0.256 e. The van der Waals surface area contributed by atoms with Crippen molar-refractivity contribution < 1.29 is 4.79 Å². The van der Waals surface area contributed by atoms with Crippen LogP contribution < -0.4 is 5.32 Å². The number of anilines is 1. The summed E-state index contributed by atoms with van der Waals surface area (Å²) in [4.78, 5) is 17.9. The molecule has 3 aromatic carbocycles. The van der Waals surface area contributed by atoms with Gasteiger partial charge in [0.15, 0.2) is 0 Å². The van der Waals surface area contributed by atoms with E-state index in [0.29, 0.717) is 22.2 Å². The number of hydrogen-bond acceptors (Lipinski definition) is 2. The number of carbonyl (C=O) groups is 1. The van der Waals surface area contributed by atoms with Gasteiger partial charge in [0.05, 0.1) is 16.8 Å². The average molecular weight is 415 g/mol. The minimum Gasteiger partial charge on any atom is -0.322 e. The molecule has 0 aliphatic carbocycles. The van der Waals surface area contributed by atoms with Crippen molar-refractivity contribution in [2.45, 2.75) is 26.2 Å². The van der Waals surface area contributed by atoms with Gasteiger partial charge in [-0.2, -0.15) is 0 Å². The fourth-order valence-electron chi connectivity index (χ4n) is 3.50. The minimum atomic E-state index is -0.168. The van der Waals surface area contributed by atoms with Crippen molar-refractivity contribution >= 4 is 34.1 Å². The molecule has 4 heteroatoms. The predicted octanol–water partition coefficient (Wildman–Crippen LogP) is 7.32. The summed E-state index contributed by atoms with van der Waals surface area (Å²) in [5.74, 6) is 0.329. The smallest absolute Gasteiger partial charge is 0.256 e. The van der Waals surface area contributed by atoms with Crippen molar-refractivity contribution in [3.8, 4) is 11.3 Å². The zero-order chi connectivity index (χ0) is 21.1. The summed E-state index contributed by atoms with van der Waals surface area (Å²) in [7, 11) is 0. The highest BCUT2D eigenvalue weighted by atomic mass is 35.5. The number of amides is 1.